The highest BCUT2D eigenvalue weighted by Crippen LogP contribution is 2.39. The lowest BCUT2D eigenvalue weighted by Crippen LogP contribution is -2.23. The largest absolute Gasteiger partial charge is 0.462 e. The lowest BCUT2D eigenvalue weighted by Gasteiger charge is -2.24. The Hall–Kier alpha value is -3.37. The second kappa shape index (κ2) is 9.01. The SMILES string of the molecule is CC=c1cc2c(cc1C)=C(c1ccccc1C(=O)OCC)c1cc(C)c(CCN)cc1O2. The van der Waals surface area contributed by atoms with E-state index in [2.05, 4.69) is 44.2 Å². The van der Waals surface area contributed by atoms with E-state index in [0.717, 1.165) is 56.2 Å². The fourth-order valence-corrected chi connectivity index (χ4v) is 4.37. The molecule has 1 aliphatic rings. The molecule has 164 valence electrons. The number of ether oxygens (including phenoxy) is 2. The number of aryl methyl sites for hydroxylation is 2. The van der Waals surface area contributed by atoms with Gasteiger partial charge in [0, 0.05) is 16.4 Å². The summed E-state index contributed by atoms with van der Waals surface area (Å²) in [5.74, 6) is 1.25. The summed E-state index contributed by atoms with van der Waals surface area (Å²) in [7, 11) is 0. The third kappa shape index (κ3) is 3.82. The third-order valence-electron chi connectivity index (χ3n) is 5.98. The molecule has 0 aliphatic carbocycles. The summed E-state index contributed by atoms with van der Waals surface area (Å²) in [5.41, 5.74) is 12.7. The van der Waals surface area contributed by atoms with Crippen molar-refractivity contribution in [2.24, 2.45) is 5.73 Å². The zero-order valence-electron chi connectivity index (χ0n) is 19.1. The molecule has 4 nitrogen and oxygen atoms in total. The van der Waals surface area contributed by atoms with Crippen molar-refractivity contribution in [1.29, 1.82) is 0 Å². The van der Waals surface area contributed by atoms with E-state index in [4.69, 9.17) is 15.2 Å². The lowest BCUT2D eigenvalue weighted by molar-refractivity contribution is 0.0526. The fourth-order valence-electron chi connectivity index (χ4n) is 4.37. The molecule has 0 saturated heterocycles. The van der Waals surface area contributed by atoms with Crippen molar-refractivity contribution in [3.05, 3.63) is 92.3 Å². The van der Waals surface area contributed by atoms with Gasteiger partial charge in [-0.1, -0.05) is 24.3 Å². The molecule has 0 amide bonds. The predicted octanol–water partition coefficient (Wildman–Crippen LogP) is 4.13. The van der Waals surface area contributed by atoms with Crippen molar-refractivity contribution in [3.8, 4) is 11.5 Å². The summed E-state index contributed by atoms with van der Waals surface area (Å²) in [5, 5.41) is 2.10. The highest BCUT2D eigenvalue weighted by atomic mass is 16.5. The molecule has 0 unspecified atom stereocenters. The quantitative estimate of drug-likeness (QED) is 0.487. The van der Waals surface area contributed by atoms with Crippen LogP contribution in [0.2, 0.25) is 0 Å². The van der Waals surface area contributed by atoms with Crippen LogP contribution in [0.15, 0.2) is 48.5 Å². The average Bonchev–Trinajstić information content (AvgIpc) is 2.78. The van der Waals surface area contributed by atoms with Crippen LogP contribution in [0.3, 0.4) is 0 Å². The van der Waals surface area contributed by atoms with Gasteiger partial charge >= 0.3 is 5.97 Å². The number of benzene rings is 3. The molecule has 0 atom stereocenters. The van der Waals surface area contributed by atoms with Crippen LogP contribution in [0.5, 0.6) is 11.5 Å². The first kappa shape index (κ1) is 21.8. The van der Waals surface area contributed by atoms with Crippen LogP contribution in [0, 0.1) is 13.8 Å². The van der Waals surface area contributed by atoms with E-state index in [0.29, 0.717) is 18.7 Å². The molecule has 0 radical (unpaired) electrons. The van der Waals surface area contributed by atoms with Crippen molar-refractivity contribution in [2.45, 2.75) is 34.1 Å². The molecular weight excluding hydrogens is 398 g/mol. The van der Waals surface area contributed by atoms with Crippen LogP contribution in [0.25, 0.3) is 11.6 Å². The summed E-state index contributed by atoms with van der Waals surface area (Å²) in [6.45, 7) is 8.93. The Balaban J connectivity index is 2.11. The number of carbonyl (C=O) groups excluding carboxylic acids is 1. The van der Waals surface area contributed by atoms with Gasteiger partial charge in [0.25, 0.3) is 0 Å². The molecule has 32 heavy (non-hydrogen) atoms. The van der Waals surface area contributed by atoms with E-state index >= 15 is 0 Å². The predicted molar refractivity (Wildman–Crippen MR) is 129 cm³/mol. The minimum atomic E-state index is -0.322. The van der Waals surface area contributed by atoms with Crippen LogP contribution in [0.1, 0.15) is 52.0 Å². The number of nitrogens with two attached hydrogens (primary N) is 1. The Bertz CT molecular complexity index is 1320. The molecule has 3 aromatic carbocycles. The van der Waals surface area contributed by atoms with Gasteiger partial charge in [0.1, 0.15) is 11.5 Å². The Morgan fingerprint density at radius 1 is 1.03 bits per heavy atom. The number of hydrogen-bond donors (Lipinski definition) is 1. The Kier molecular flexibility index (Phi) is 6.15. The standard InChI is InChI=1S/C28H29NO3/c1-5-19-15-25-23(13-17(19)3)27(21-9-7-8-10-22(21)28(30)31-6-2)24-14-18(4)20(11-12-29)16-26(24)32-25/h5,7-10,13-16H,6,11-12,29H2,1-4H3. The van der Waals surface area contributed by atoms with Gasteiger partial charge in [-0.15, -0.1) is 0 Å². The summed E-state index contributed by atoms with van der Waals surface area (Å²) >= 11 is 0. The highest BCUT2D eigenvalue weighted by Gasteiger charge is 2.25. The minimum Gasteiger partial charge on any atom is -0.462 e. The van der Waals surface area contributed by atoms with Crippen molar-refractivity contribution in [1.82, 2.24) is 0 Å². The summed E-state index contributed by atoms with van der Waals surface area (Å²) in [4.78, 5) is 12.8. The van der Waals surface area contributed by atoms with E-state index < -0.39 is 0 Å². The van der Waals surface area contributed by atoms with E-state index in [1.807, 2.05) is 38.1 Å². The van der Waals surface area contributed by atoms with E-state index in [1.165, 1.54) is 5.56 Å². The second-order valence-electron chi connectivity index (χ2n) is 8.05. The van der Waals surface area contributed by atoms with Gasteiger partial charge in [0.2, 0.25) is 0 Å². The molecule has 0 aromatic heterocycles. The number of carbonyl (C=O) groups is 1. The van der Waals surface area contributed by atoms with Crippen molar-refractivity contribution in [3.63, 3.8) is 0 Å². The maximum absolute atomic E-state index is 12.8. The van der Waals surface area contributed by atoms with Gasteiger partial charge in [0.15, 0.2) is 0 Å². The van der Waals surface area contributed by atoms with Gasteiger partial charge in [-0.25, -0.2) is 4.79 Å². The molecule has 2 N–H and O–H groups in total. The molecule has 0 bridgehead atoms. The first-order valence-electron chi connectivity index (χ1n) is 11.1. The molecule has 3 aromatic rings. The fraction of sp³-hybridized carbons (Fsp3) is 0.250. The zero-order chi connectivity index (χ0) is 22.8. The van der Waals surface area contributed by atoms with Crippen LogP contribution >= 0.6 is 0 Å². The van der Waals surface area contributed by atoms with Gasteiger partial charge < -0.3 is 15.2 Å². The monoisotopic (exact) mass is 427 g/mol. The minimum absolute atomic E-state index is 0.322. The van der Waals surface area contributed by atoms with Crippen LogP contribution < -0.4 is 20.9 Å². The second-order valence-corrected chi connectivity index (χ2v) is 8.05. The van der Waals surface area contributed by atoms with Crippen molar-refractivity contribution >= 4 is 17.6 Å². The number of rotatable bonds is 5. The molecule has 4 rings (SSSR count). The molecule has 4 heteroatoms. The smallest absolute Gasteiger partial charge is 0.338 e. The highest BCUT2D eigenvalue weighted by molar-refractivity contribution is 5.99. The van der Waals surface area contributed by atoms with Crippen LogP contribution in [-0.4, -0.2) is 19.1 Å². The van der Waals surface area contributed by atoms with E-state index in [-0.39, 0.29) is 5.97 Å². The molecule has 0 spiro atoms. The van der Waals surface area contributed by atoms with E-state index in [1.54, 1.807) is 0 Å². The average molecular weight is 428 g/mol. The van der Waals surface area contributed by atoms with Gasteiger partial charge in [-0.2, -0.15) is 0 Å². The topological polar surface area (TPSA) is 61.5 Å². The molecule has 0 saturated carbocycles. The molecule has 1 heterocycles. The third-order valence-corrected chi connectivity index (χ3v) is 5.98. The first-order valence-corrected chi connectivity index (χ1v) is 11.1. The summed E-state index contributed by atoms with van der Waals surface area (Å²) < 4.78 is 11.8. The number of hydrogen-bond acceptors (Lipinski definition) is 4. The molecule has 0 fully saturated rings. The number of esters is 1. The van der Waals surface area contributed by atoms with Gasteiger partial charge in [-0.05, 0) is 98.5 Å². The van der Waals surface area contributed by atoms with Gasteiger partial charge in [0.05, 0.1) is 12.2 Å². The number of fused-ring (bicyclic) bond motifs is 2. The Morgan fingerprint density at radius 3 is 2.53 bits per heavy atom. The molecule has 1 aliphatic heterocycles. The first-order chi connectivity index (χ1) is 15.5. The van der Waals surface area contributed by atoms with Crippen molar-refractivity contribution in [2.75, 3.05) is 13.2 Å². The maximum atomic E-state index is 12.8. The van der Waals surface area contributed by atoms with Crippen LogP contribution in [-0.2, 0) is 11.2 Å². The summed E-state index contributed by atoms with van der Waals surface area (Å²) in [6.07, 6.45) is 2.86. The van der Waals surface area contributed by atoms with Crippen LogP contribution in [0.4, 0.5) is 0 Å². The Labute approximate surface area is 189 Å². The zero-order valence-corrected chi connectivity index (χ0v) is 19.1. The van der Waals surface area contributed by atoms with Crippen molar-refractivity contribution < 1.29 is 14.3 Å². The molecular formula is C28H29NO3. The maximum Gasteiger partial charge on any atom is 0.338 e. The summed E-state index contributed by atoms with van der Waals surface area (Å²) in [6, 6.07) is 16.1. The Morgan fingerprint density at radius 2 is 1.81 bits per heavy atom. The van der Waals surface area contributed by atoms with E-state index in [9.17, 15) is 4.79 Å². The lowest BCUT2D eigenvalue weighted by atomic mass is 9.87. The van der Waals surface area contributed by atoms with Gasteiger partial charge in [-0.3, -0.25) is 0 Å². The normalized spacial score (nSPS) is 12.8.